The van der Waals surface area contributed by atoms with E-state index in [1.54, 1.807) is 30.3 Å². The van der Waals surface area contributed by atoms with E-state index in [0.29, 0.717) is 11.1 Å². The lowest BCUT2D eigenvalue weighted by Crippen LogP contribution is -2.29. The van der Waals surface area contributed by atoms with Gasteiger partial charge in [-0.3, -0.25) is 0 Å². The van der Waals surface area contributed by atoms with Crippen LogP contribution in [0, 0.1) is 11.6 Å². The molecule has 0 bridgehead atoms. The van der Waals surface area contributed by atoms with Gasteiger partial charge in [-0.15, -0.1) is 0 Å². The Morgan fingerprint density at radius 3 is 2.10 bits per heavy atom. The molecule has 1 aliphatic rings. The van der Waals surface area contributed by atoms with E-state index in [1.807, 2.05) is 0 Å². The number of hydrogen-bond acceptors (Lipinski definition) is 2. The van der Waals surface area contributed by atoms with Gasteiger partial charge in [-0.2, -0.15) is 0 Å². The van der Waals surface area contributed by atoms with Crippen molar-refractivity contribution in [2.75, 3.05) is 13.2 Å². The van der Waals surface area contributed by atoms with Gasteiger partial charge >= 0.3 is 0 Å². The number of allylic oxidation sites excluding steroid dienone is 3. The molecule has 0 amide bonds. The van der Waals surface area contributed by atoms with Crippen LogP contribution in [0.4, 0.5) is 26.3 Å². The average molecular weight is 425 g/mol. The van der Waals surface area contributed by atoms with Gasteiger partial charge in [0.05, 0.1) is 17.8 Å². The van der Waals surface area contributed by atoms with Crippen molar-refractivity contribution in [2.45, 2.75) is 12.9 Å². The molecule has 0 N–H and O–H groups in total. The summed E-state index contributed by atoms with van der Waals surface area (Å²) in [5, 5.41) is 0. The predicted molar refractivity (Wildman–Crippen MR) is 102 cm³/mol. The summed E-state index contributed by atoms with van der Waals surface area (Å²) in [5.74, 6) is -2.70. The molecule has 1 heterocycles. The van der Waals surface area contributed by atoms with Gasteiger partial charge in [0.15, 0.2) is 0 Å². The standard InChI is InChI=1S/C22H17F6NO/c1-13-7-8-16(14-5-3-2-4-6-14)22(29(13)11-19(25)26)21-17(23)9-15(10-18(21)24)30-12-20(27)28/h2-10,19-20H,1,11-12H2. The highest BCUT2D eigenvalue weighted by Gasteiger charge is 2.29. The molecular weight excluding hydrogens is 408 g/mol. The minimum absolute atomic E-state index is 0.127. The third-order valence-electron chi connectivity index (χ3n) is 4.35. The van der Waals surface area contributed by atoms with E-state index >= 15 is 0 Å². The fraction of sp³-hybridized carbons (Fsp3) is 0.182. The van der Waals surface area contributed by atoms with Crippen LogP contribution in [-0.4, -0.2) is 30.9 Å². The van der Waals surface area contributed by atoms with Gasteiger partial charge in [-0.1, -0.05) is 43.0 Å². The van der Waals surface area contributed by atoms with Crippen molar-refractivity contribution in [1.29, 1.82) is 0 Å². The minimum atomic E-state index is -2.82. The molecular formula is C22H17F6NO. The van der Waals surface area contributed by atoms with E-state index < -0.39 is 48.9 Å². The Balaban J connectivity index is 2.19. The Labute approximate surface area is 169 Å². The number of rotatable bonds is 7. The largest absolute Gasteiger partial charge is 0.487 e. The van der Waals surface area contributed by atoms with Crippen molar-refractivity contribution in [3.8, 4) is 5.75 Å². The molecule has 158 valence electrons. The number of nitrogens with zero attached hydrogens (tertiary/aromatic N) is 1. The van der Waals surface area contributed by atoms with E-state index in [1.165, 1.54) is 12.2 Å². The summed E-state index contributed by atoms with van der Waals surface area (Å²) in [7, 11) is 0. The van der Waals surface area contributed by atoms with Crippen LogP contribution in [0.2, 0.25) is 0 Å². The van der Waals surface area contributed by atoms with Crippen LogP contribution in [0.5, 0.6) is 5.75 Å². The number of benzene rings is 2. The van der Waals surface area contributed by atoms with E-state index in [9.17, 15) is 26.3 Å². The van der Waals surface area contributed by atoms with Gasteiger partial charge in [0.1, 0.15) is 24.0 Å². The molecule has 2 nitrogen and oxygen atoms in total. The number of hydrogen-bond donors (Lipinski definition) is 0. The molecule has 0 fully saturated rings. The molecule has 8 heteroatoms. The summed E-state index contributed by atoms with van der Waals surface area (Å²) in [6.45, 7) is 1.83. The van der Waals surface area contributed by atoms with Crippen molar-refractivity contribution >= 4 is 11.3 Å². The first-order valence-electron chi connectivity index (χ1n) is 8.90. The molecule has 0 atom stereocenters. The SMILES string of the molecule is C=C1C=CC(c2ccccc2)=C(c2c(F)cc(OCC(F)F)cc2F)N1CC(F)F. The summed E-state index contributed by atoms with van der Waals surface area (Å²) < 4.78 is 85.7. The fourth-order valence-corrected chi connectivity index (χ4v) is 3.12. The molecule has 2 aromatic rings. The Bertz CT molecular complexity index is 961. The van der Waals surface area contributed by atoms with Gasteiger partial charge in [-0.05, 0) is 11.6 Å². The molecule has 1 aliphatic heterocycles. The highest BCUT2D eigenvalue weighted by molar-refractivity contribution is 5.97. The maximum atomic E-state index is 14.9. The highest BCUT2D eigenvalue weighted by Crippen LogP contribution is 2.39. The minimum Gasteiger partial charge on any atom is -0.487 e. The monoisotopic (exact) mass is 425 g/mol. The average Bonchev–Trinajstić information content (AvgIpc) is 2.69. The molecule has 3 rings (SSSR count). The highest BCUT2D eigenvalue weighted by atomic mass is 19.3. The van der Waals surface area contributed by atoms with Crippen LogP contribution in [0.3, 0.4) is 0 Å². The maximum absolute atomic E-state index is 14.9. The zero-order valence-electron chi connectivity index (χ0n) is 15.6. The second kappa shape index (κ2) is 9.11. The zero-order valence-corrected chi connectivity index (χ0v) is 15.6. The van der Waals surface area contributed by atoms with Crippen molar-refractivity contribution in [2.24, 2.45) is 0 Å². The van der Waals surface area contributed by atoms with Crippen molar-refractivity contribution < 1.29 is 31.1 Å². The lowest BCUT2D eigenvalue weighted by Gasteiger charge is -2.33. The number of ether oxygens (including phenoxy) is 1. The Hall–Kier alpha value is -3.16. The van der Waals surface area contributed by atoms with E-state index in [4.69, 9.17) is 0 Å². The molecule has 0 unspecified atom stereocenters. The van der Waals surface area contributed by atoms with Crippen LogP contribution in [0.25, 0.3) is 11.3 Å². The van der Waals surface area contributed by atoms with E-state index in [2.05, 4.69) is 11.3 Å². The smallest absolute Gasteiger partial charge is 0.272 e. The van der Waals surface area contributed by atoms with Gasteiger partial charge in [-0.25, -0.2) is 26.3 Å². The Kier molecular flexibility index (Phi) is 6.54. The van der Waals surface area contributed by atoms with E-state index in [-0.39, 0.29) is 11.4 Å². The number of alkyl halides is 4. The third kappa shape index (κ3) is 4.69. The molecule has 0 spiro atoms. The number of halogens is 6. The first kappa shape index (κ1) is 21.5. The first-order valence-corrected chi connectivity index (χ1v) is 8.90. The summed E-state index contributed by atoms with van der Waals surface area (Å²) in [6, 6.07) is 9.97. The van der Waals surface area contributed by atoms with Crippen molar-refractivity contribution in [3.63, 3.8) is 0 Å². The van der Waals surface area contributed by atoms with Crippen molar-refractivity contribution in [3.05, 3.63) is 89.7 Å². The maximum Gasteiger partial charge on any atom is 0.272 e. The molecule has 0 aliphatic carbocycles. The normalized spacial score (nSPS) is 14.3. The van der Waals surface area contributed by atoms with Crippen LogP contribution in [0.1, 0.15) is 11.1 Å². The quantitative estimate of drug-likeness (QED) is 0.495. The van der Waals surface area contributed by atoms with Gasteiger partial charge in [0, 0.05) is 23.4 Å². The zero-order chi connectivity index (χ0) is 21.8. The van der Waals surface area contributed by atoms with Crippen LogP contribution in [0.15, 0.2) is 66.9 Å². The summed E-state index contributed by atoms with van der Waals surface area (Å²) in [6.07, 6.45) is -2.62. The summed E-state index contributed by atoms with van der Waals surface area (Å²) in [5.41, 5.74) is 0.269. The third-order valence-corrected chi connectivity index (χ3v) is 4.35. The van der Waals surface area contributed by atoms with Gasteiger partial charge in [0.2, 0.25) is 0 Å². The lowest BCUT2D eigenvalue weighted by atomic mass is 9.94. The second-order valence-corrected chi connectivity index (χ2v) is 6.42. The van der Waals surface area contributed by atoms with Crippen molar-refractivity contribution in [1.82, 2.24) is 4.90 Å². The summed E-state index contributed by atoms with van der Waals surface area (Å²) >= 11 is 0. The molecule has 0 aromatic heterocycles. The summed E-state index contributed by atoms with van der Waals surface area (Å²) in [4.78, 5) is 1.04. The lowest BCUT2D eigenvalue weighted by molar-refractivity contribution is 0.0815. The van der Waals surface area contributed by atoms with Gasteiger partial charge < -0.3 is 9.64 Å². The molecule has 0 saturated heterocycles. The molecule has 0 radical (unpaired) electrons. The first-order chi connectivity index (χ1) is 14.3. The van der Waals surface area contributed by atoms with E-state index in [0.717, 1.165) is 17.0 Å². The Morgan fingerprint density at radius 2 is 1.53 bits per heavy atom. The fourth-order valence-electron chi connectivity index (χ4n) is 3.12. The van der Waals surface area contributed by atoms with Crippen LogP contribution >= 0.6 is 0 Å². The Morgan fingerprint density at radius 1 is 0.900 bits per heavy atom. The van der Waals surface area contributed by atoms with Gasteiger partial charge in [0.25, 0.3) is 12.9 Å². The topological polar surface area (TPSA) is 12.5 Å². The molecule has 0 saturated carbocycles. The second-order valence-electron chi connectivity index (χ2n) is 6.42. The van der Waals surface area contributed by atoms with Crippen LogP contribution in [-0.2, 0) is 0 Å². The molecule has 2 aromatic carbocycles. The molecule has 30 heavy (non-hydrogen) atoms. The predicted octanol–water partition coefficient (Wildman–Crippen LogP) is 6.13. The van der Waals surface area contributed by atoms with Crippen LogP contribution < -0.4 is 4.74 Å².